The lowest BCUT2D eigenvalue weighted by atomic mass is 10.1. The van der Waals surface area contributed by atoms with Gasteiger partial charge >= 0.3 is 0 Å². The molecule has 1 aromatic carbocycles. The zero-order valence-electron chi connectivity index (χ0n) is 7.84. The first-order valence-electron chi connectivity index (χ1n) is 4.46. The summed E-state index contributed by atoms with van der Waals surface area (Å²) >= 11 is 0. The summed E-state index contributed by atoms with van der Waals surface area (Å²) in [7, 11) is 1.88. The van der Waals surface area contributed by atoms with Gasteiger partial charge in [-0.25, -0.2) is 4.39 Å². The Kier molecular flexibility index (Phi) is 1.83. The monoisotopic (exact) mass is 177 g/mol. The summed E-state index contributed by atoms with van der Waals surface area (Å²) < 4.78 is 15.2. The molecule has 2 aromatic rings. The molecule has 0 saturated carbocycles. The van der Waals surface area contributed by atoms with Gasteiger partial charge < -0.3 is 4.57 Å². The Morgan fingerprint density at radius 1 is 1.38 bits per heavy atom. The van der Waals surface area contributed by atoms with Gasteiger partial charge in [0.25, 0.3) is 0 Å². The van der Waals surface area contributed by atoms with Crippen LogP contribution in [0.4, 0.5) is 4.39 Å². The fourth-order valence-corrected chi connectivity index (χ4v) is 1.79. The van der Waals surface area contributed by atoms with Crippen LogP contribution in [0.25, 0.3) is 10.9 Å². The second-order valence-corrected chi connectivity index (χ2v) is 3.25. The van der Waals surface area contributed by atoms with E-state index >= 15 is 0 Å². The predicted molar refractivity (Wildman–Crippen MR) is 52.3 cm³/mol. The number of nitrogens with zero attached hydrogens (tertiary/aromatic N) is 1. The molecule has 1 aromatic heterocycles. The summed E-state index contributed by atoms with van der Waals surface area (Å²) in [4.78, 5) is 0. The largest absolute Gasteiger partial charge is 0.347 e. The number of benzene rings is 1. The van der Waals surface area contributed by atoms with E-state index in [1.807, 2.05) is 29.8 Å². The predicted octanol–water partition coefficient (Wildman–Crippen LogP) is 2.88. The van der Waals surface area contributed by atoms with Crippen molar-refractivity contribution in [1.82, 2.24) is 4.57 Å². The summed E-state index contributed by atoms with van der Waals surface area (Å²) in [5.41, 5.74) is 2.21. The van der Waals surface area contributed by atoms with Gasteiger partial charge in [0.15, 0.2) is 0 Å². The van der Waals surface area contributed by atoms with Crippen LogP contribution in [0.15, 0.2) is 24.4 Å². The maximum absolute atomic E-state index is 13.3. The van der Waals surface area contributed by atoms with Gasteiger partial charge in [-0.15, -0.1) is 0 Å². The normalized spacial score (nSPS) is 11.0. The van der Waals surface area contributed by atoms with Crippen molar-refractivity contribution in [2.75, 3.05) is 0 Å². The van der Waals surface area contributed by atoms with Gasteiger partial charge in [0.05, 0.1) is 5.52 Å². The van der Waals surface area contributed by atoms with Gasteiger partial charge in [0.1, 0.15) is 5.82 Å². The molecular formula is C11H12FN. The molecule has 0 saturated heterocycles. The molecule has 1 heterocycles. The zero-order valence-corrected chi connectivity index (χ0v) is 7.84. The quantitative estimate of drug-likeness (QED) is 0.631. The highest BCUT2D eigenvalue weighted by atomic mass is 19.1. The Balaban J connectivity index is 2.88. The van der Waals surface area contributed by atoms with Crippen molar-refractivity contribution in [3.05, 3.63) is 35.8 Å². The molecule has 0 aliphatic rings. The summed E-state index contributed by atoms with van der Waals surface area (Å²) in [6.07, 6.45) is 2.47. The van der Waals surface area contributed by atoms with E-state index in [1.54, 1.807) is 0 Å². The molecule has 0 aliphatic carbocycles. The average molecular weight is 177 g/mol. The molecule has 0 atom stereocenters. The van der Waals surface area contributed by atoms with E-state index in [1.165, 1.54) is 11.8 Å². The second-order valence-electron chi connectivity index (χ2n) is 3.25. The lowest BCUT2D eigenvalue weighted by molar-refractivity contribution is 0.633. The van der Waals surface area contributed by atoms with E-state index in [4.69, 9.17) is 0 Å². The van der Waals surface area contributed by atoms with E-state index in [0.29, 0.717) is 0 Å². The summed E-state index contributed by atoms with van der Waals surface area (Å²) in [5, 5.41) is 0.724. The average Bonchev–Trinajstić information content (AvgIpc) is 2.43. The molecule has 13 heavy (non-hydrogen) atoms. The standard InChI is InChI=1S/C11H12FN/c1-3-8-5-4-6-9-10(12)7-13(2)11(8)9/h4-7H,3H2,1-2H3. The Hall–Kier alpha value is -1.31. The molecule has 0 unspecified atom stereocenters. The van der Waals surface area contributed by atoms with Crippen molar-refractivity contribution < 1.29 is 4.39 Å². The third kappa shape index (κ3) is 1.13. The molecular weight excluding hydrogens is 165 g/mol. The first-order valence-corrected chi connectivity index (χ1v) is 4.46. The molecule has 0 amide bonds. The van der Waals surface area contributed by atoms with Gasteiger partial charge in [-0.1, -0.05) is 19.1 Å². The number of hydrogen-bond acceptors (Lipinski definition) is 0. The van der Waals surface area contributed by atoms with Gasteiger partial charge in [-0.2, -0.15) is 0 Å². The smallest absolute Gasteiger partial charge is 0.148 e. The van der Waals surface area contributed by atoms with Crippen molar-refractivity contribution in [3.8, 4) is 0 Å². The van der Waals surface area contributed by atoms with E-state index in [9.17, 15) is 4.39 Å². The highest BCUT2D eigenvalue weighted by Crippen LogP contribution is 2.22. The van der Waals surface area contributed by atoms with Crippen LogP contribution in [0.2, 0.25) is 0 Å². The van der Waals surface area contributed by atoms with Crippen LogP contribution in [-0.2, 0) is 13.5 Å². The number of fused-ring (bicyclic) bond motifs is 1. The molecule has 1 nitrogen and oxygen atoms in total. The van der Waals surface area contributed by atoms with Gasteiger partial charge in [0, 0.05) is 18.6 Å². The molecule has 2 rings (SSSR count). The van der Waals surface area contributed by atoms with Gasteiger partial charge in [-0.05, 0) is 18.1 Å². The summed E-state index contributed by atoms with van der Waals surface area (Å²) in [6, 6.07) is 5.77. The van der Waals surface area contributed by atoms with Crippen LogP contribution >= 0.6 is 0 Å². The van der Waals surface area contributed by atoms with Crippen molar-refractivity contribution >= 4 is 10.9 Å². The van der Waals surface area contributed by atoms with E-state index in [0.717, 1.165) is 17.3 Å². The maximum atomic E-state index is 13.3. The van der Waals surface area contributed by atoms with Crippen LogP contribution in [0.1, 0.15) is 12.5 Å². The topological polar surface area (TPSA) is 4.93 Å². The molecule has 0 aliphatic heterocycles. The third-order valence-corrected chi connectivity index (χ3v) is 2.42. The maximum Gasteiger partial charge on any atom is 0.148 e. The molecule has 0 fully saturated rings. The third-order valence-electron chi connectivity index (χ3n) is 2.42. The number of para-hydroxylation sites is 1. The van der Waals surface area contributed by atoms with Gasteiger partial charge in [0.2, 0.25) is 0 Å². The number of aromatic nitrogens is 1. The summed E-state index contributed by atoms with van der Waals surface area (Å²) in [6.45, 7) is 2.08. The molecule has 0 spiro atoms. The zero-order chi connectivity index (χ0) is 9.42. The van der Waals surface area contributed by atoms with Crippen LogP contribution in [0, 0.1) is 5.82 Å². The van der Waals surface area contributed by atoms with Crippen molar-refractivity contribution in [1.29, 1.82) is 0 Å². The fourth-order valence-electron chi connectivity index (χ4n) is 1.79. The van der Waals surface area contributed by atoms with Crippen molar-refractivity contribution in [3.63, 3.8) is 0 Å². The van der Waals surface area contributed by atoms with E-state index in [-0.39, 0.29) is 5.82 Å². The number of hydrogen-bond donors (Lipinski definition) is 0. The van der Waals surface area contributed by atoms with E-state index < -0.39 is 0 Å². The van der Waals surface area contributed by atoms with Crippen LogP contribution in [-0.4, -0.2) is 4.57 Å². The highest BCUT2D eigenvalue weighted by Gasteiger charge is 2.07. The molecule has 0 bridgehead atoms. The Labute approximate surface area is 76.8 Å². The van der Waals surface area contributed by atoms with Crippen LogP contribution in [0.5, 0.6) is 0 Å². The van der Waals surface area contributed by atoms with Crippen molar-refractivity contribution in [2.45, 2.75) is 13.3 Å². The fraction of sp³-hybridized carbons (Fsp3) is 0.273. The first kappa shape index (κ1) is 8.30. The minimum Gasteiger partial charge on any atom is -0.347 e. The van der Waals surface area contributed by atoms with Gasteiger partial charge in [-0.3, -0.25) is 0 Å². The molecule has 0 radical (unpaired) electrons. The Bertz CT molecular complexity index is 443. The Morgan fingerprint density at radius 2 is 2.15 bits per heavy atom. The highest BCUT2D eigenvalue weighted by molar-refractivity contribution is 5.84. The minimum atomic E-state index is -0.132. The SMILES string of the molecule is CCc1cccc2c(F)cn(C)c12. The Morgan fingerprint density at radius 3 is 2.85 bits per heavy atom. The second kappa shape index (κ2) is 2.87. The number of halogens is 1. The number of rotatable bonds is 1. The lowest BCUT2D eigenvalue weighted by Crippen LogP contribution is -1.89. The molecule has 0 N–H and O–H groups in total. The van der Waals surface area contributed by atoms with Crippen LogP contribution < -0.4 is 0 Å². The summed E-state index contributed by atoms with van der Waals surface area (Å²) in [5.74, 6) is -0.132. The first-order chi connectivity index (χ1) is 6.24. The number of aryl methyl sites for hydroxylation is 2. The molecule has 2 heteroatoms. The van der Waals surface area contributed by atoms with E-state index in [2.05, 4.69) is 6.92 Å². The minimum absolute atomic E-state index is 0.132. The van der Waals surface area contributed by atoms with Crippen LogP contribution in [0.3, 0.4) is 0 Å². The van der Waals surface area contributed by atoms with Crippen molar-refractivity contribution in [2.24, 2.45) is 7.05 Å². The molecule has 68 valence electrons. The lowest BCUT2D eigenvalue weighted by Gasteiger charge is -2.01.